The fourth-order valence-corrected chi connectivity index (χ4v) is 5.53. The van der Waals surface area contributed by atoms with E-state index >= 15 is 0 Å². The van der Waals surface area contributed by atoms with Crippen LogP contribution in [0.15, 0.2) is 67.8 Å². The fraction of sp³-hybridized carbons (Fsp3) is 0.281. The van der Waals surface area contributed by atoms with E-state index in [4.69, 9.17) is 28.4 Å². The highest BCUT2D eigenvalue weighted by Crippen LogP contribution is 2.56. The van der Waals surface area contributed by atoms with E-state index in [9.17, 15) is 19.4 Å². The summed E-state index contributed by atoms with van der Waals surface area (Å²) in [5.41, 5.74) is -0.413. The Morgan fingerprint density at radius 1 is 0.814 bits per heavy atom. The highest BCUT2D eigenvalue weighted by Gasteiger charge is 2.54. The molecule has 6 rings (SSSR count). The summed E-state index contributed by atoms with van der Waals surface area (Å²) in [5, 5.41) is 23.7. The summed E-state index contributed by atoms with van der Waals surface area (Å²) in [4.78, 5) is 14.4. The first-order chi connectivity index (χ1) is 20.8. The number of carbonyl (C=O) groups is 1. The predicted molar refractivity (Wildman–Crippen MR) is 153 cm³/mol. The Hall–Kier alpha value is -4.74. The maximum atomic E-state index is 14.5. The third-order valence-corrected chi connectivity index (χ3v) is 7.47. The average Bonchev–Trinajstić information content (AvgIpc) is 3.71. The molecule has 3 heterocycles. The first-order valence-electron chi connectivity index (χ1n) is 13.7. The van der Waals surface area contributed by atoms with Crippen molar-refractivity contribution in [3.8, 4) is 34.5 Å². The van der Waals surface area contributed by atoms with E-state index < -0.39 is 29.3 Å². The predicted octanol–water partition coefficient (Wildman–Crippen LogP) is 4.20. The Morgan fingerprint density at radius 3 is 1.79 bits per heavy atom. The van der Waals surface area contributed by atoms with Gasteiger partial charge in [-0.2, -0.15) is 0 Å². The zero-order chi connectivity index (χ0) is 30.1. The Balaban J connectivity index is 1.61. The van der Waals surface area contributed by atoms with E-state index in [0.717, 1.165) is 0 Å². The minimum atomic E-state index is -1.71. The number of hydrogen-bond acceptors (Lipinski definition) is 9. The van der Waals surface area contributed by atoms with Crippen LogP contribution in [0.1, 0.15) is 29.5 Å². The molecule has 0 saturated carbocycles. The third kappa shape index (κ3) is 5.00. The van der Waals surface area contributed by atoms with Crippen molar-refractivity contribution in [2.45, 2.75) is 30.5 Å². The van der Waals surface area contributed by atoms with Gasteiger partial charge in [-0.15, -0.1) is 13.2 Å². The van der Waals surface area contributed by atoms with Crippen LogP contribution in [0.5, 0.6) is 34.5 Å². The number of halogens is 1. The van der Waals surface area contributed by atoms with Crippen LogP contribution in [0.25, 0.3) is 0 Å². The van der Waals surface area contributed by atoms with Crippen LogP contribution in [0.3, 0.4) is 0 Å². The molecule has 0 bridgehead atoms. The third-order valence-electron chi connectivity index (χ3n) is 7.47. The molecule has 3 aliphatic rings. The van der Waals surface area contributed by atoms with Gasteiger partial charge in [-0.1, -0.05) is 18.2 Å². The molecule has 0 saturated heterocycles. The molecule has 3 N–H and O–H groups in total. The number of amides is 1. The molecular formula is C32H30FNO9. The van der Waals surface area contributed by atoms with Gasteiger partial charge in [-0.05, 0) is 37.1 Å². The zero-order valence-corrected chi connectivity index (χ0v) is 23.1. The van der Waals surface area contributed by atoms with Gasteiger partial charge in [0.2, 0.25) is 19.5 Å². The topological polar surface area (TPSA) is 125 Å². The molecule has 10 nitrogen and oxygen atoms in total. The molecule has 3 aromatic rings. The van der Waals surface area contributed by atoms with Crippen molar-refractivity contribution >= 4 is 11.6 Å². The monoisotopic (exact) mass is 591 g/mol. The minimum absolute atomic E-state index is 0.0438. The van der Waals surface area contributed by atoms with Gasteiger partial charge in [0.25, 0.3) is 0 Å². The lowest BCUT2D eigenvalue weighted by atomic mass is 9.69. The Morgan fingerprint density at radius 2 is 1.30 bits per heavy atom. The summed E-state index contributed by atoms with van der Waals surface area (Å²) in [6, 6.07) is 10.5. The molecule has 224 valence electrons. The van der Waals surface area contributed by atoms with Gasteiger partial charge in [0, 0.05) is 34.5 Å². The van der Waals surface area contributed by atoms with E-state index in [2.05, 4.69) is 18.5 Å². The van der Waals surface area contributed by atoms with Crippen molar-refractivity contribution in [1.82, 2.24) is 0 Å². The molecular weight excluding hydrogens is 561 g/mol. The SMILES string of the molecule is C=CC[C@@H](O)COc1cc2c(cc1C1(c3cc4c(cc3OC[C@H](O)CC=C)OCO4)C(=O)Nc3cc(F)ccc31)OCO2. The fourth-order valence-electron chi connectivity index (χ4n) is 5.53. The highest BCUT2D eigenvalue weighted by molar-refractivity contribution is 6.12. The number of aliphatic hydroxyl groups is 2. The first-order valence-corrected chi connectivity index (χ1v) is 13.7. The van der Waals surface area contributed by atoms with Crippen LogP contribution >= 0.6 is 0 Å². The van der Waals surface area contributed by atoms with Gasteiger partial charge in [0.1, 0.15) is 35.9 Å². The molecule has 43 heavy (non-hydrogen) atoms. The summed E-state index contributed by atoms with van der Waals surface area (Å²) in [6.07, 6.45) is 1.95. The van der Waals surface area contributed by atoms with Crippen LogP contribution in [0.4, 0.5) is 10.1 Å². The molecule has 3 aromatic carbocycles. The number of rotatable bonds is 12. The maximum Gasteiger partial charge on any atom is 0.244 e. The standard InChI is InChI=1S/C32H30FNO9/c1-3-5-19(35)14-38-25-12-29-27(40-16-42-29)10-22(25)32(21-8-7-18(33)9-24(21)34-31(32)37)23-11-28-30(43-17-41-28)13-26(23)39-15-20(36)6-4-2/h3-4,7-13,19-20,35-36H,1-2,5-6,14-17H2,(H,34,37)/t19-,20-/m1/s1. The largest absolute Gasteiger partial charge is 0.490 e. The lowest BCUT2D eigenvalue weighted by molar-refractivity contribution is -0.118. The lowest BCUT2D eigenvalue weighted by Crippen LogP contribution is -2.38. The number of anilines is 1. The van der Waals surface area contributed by atoms with Crippen molar-refractivity contribution in [2.75, 3.05) is 32.1 Å². The van der Waals surface area contributed by atoms with Crippen molar-refractivity contribution in [2.24, 2.45) is 0 Å². The highest BCUT2D eigenvalue weighted by atomic mass is 19.1. The Labute approximate surface area is 246 Å². The lowest BCUT2D eigenvalue weighted by Gasteiger charge is -2.32. The van der Waals surface area contributed by atoms with Gasteiger partial charge in [-0.25, -0.2) is 4.39 Å². The molecule has 0 unspecified atom stereocenters. The molecule has 0 radical (unpaired) electrons. The van der Waals surface area contributed by atoms with Gasteiger partial charge in [0.05, 0.1) is 12.2 Å². The van der Waals surface area contributed by atoms with E-state index in [0.29, 0.717) is 39.7 Å². The van der Waals surface area contributed by atoms with Crippen LogP contribution < -0.4 is 33.7 Å². The second-order valence-electron chi connectivity index (χ2n) is 10.3. The van der Waals surface area contributed by atoms with Crippen LogP contribution in [-0.2, 0) is 10.2 Å². The molecule has 2 atom stereocenters. The van der Waals surface area contributed by atoms with Crippen molar-refractivity contribution in [1.29, 1.82) is 0 Å². The first kappa shape index (κ1) is 28.4. The van der Waals surface area contributed by atoms with Crippen molar-refractivity contribution in [3.63, 3.8) is 0 Å². The Kier molecular flexibility index (Phi) is 7.59. The quantitative estimate of drug-likeness (QED) is 0.266. The average molecular weight is 592 g/mol. The normalized spacial score (nSPS) is 16.7. The van der Waals surface area contributed by atoms with Crippen LogP contribution in [-0.4, -0.2) is 55.1 Å². The van der Waals surface area contributed by atoms with E-state index in [-0.39, 0.29) is 56.8 Å². The number of carbonyl (C=O) groups excluding carboxylic acids is 1. The number of benzene rings is 3. The second-order valence-corrected chi connectivity index (χ2v) is 10.3. The molecule has 3 aliphatic heterocycles. The van der Waals surface area contributed by atoms with E-state index in [1.807, 2.05) is 0 Å². The summed E-state index contributed by atoms with van der Waals surface area (Å²) < 4.78 is 49.4. The van der Waals surface area contributed by atoms with E-state index in [1.54, 1.807) is 36.4 Å². The number of hydrogen-bond donors (Lipinski definition) is 3. The molecule has 0 aliphatic carbocycles. The second kappa shape index (κ2) is 11.5. The van der Waals surface area contributed by atoms with Gasteiger partial charge >= 0.3 is 0 Å². The minimum Gasteiger partial charge on any atom is -0.490 e. The smallest absolute Gasteiger partial charge is 0.244 e. The summed E-state index contributed by atoms with van der Waals surface area (Å²) in [5.74, 6) is 0.866. The number of fused-ring (bicyclic) bond motifs is 3. The maximum absolute atomic E-state index is 14.5. The number of nitrogens with one attached hydrogen (secondary N) is 1. The molecule has 1 amide bonds. The summed E-state index contributed by atoms with van der Waals surface area (Å²) >= 11 is 0. The number of aliphatic hydroxyl groups excluding tert-OH is 2. The molecule has 0 fully saturated rings. The number of ether oxygens (including phenoxy) is 6. The molecule has 0 spiro atoms. The van der Waals surface area contributed by atoms with Gasteiger partial charge < -0.3 is 44.0 Å². The summed E-state index contributed by atoms with van der Waals surface area (Å²) in [7, 11) is 0. The van der Waals surface area contributed by atoms with Crippen LogP contribution in [0, 0.1) is 5.82 Å². The zero-order valence-electron chi connectivity index (χ0n) is 23.1. The van der Waals surface area contributed by atoms with Crippen molar-refractivity contribution < 1.29 is 47.8 Å². The van der Waals surface area contributed by atoms with Crippen LogP contribution in [0.2, 0.25) is 0 Å². The Bertz CT molecular complexity index is 1510. The van der Waals surface area contributed by atoms with E-state index in [1.165, 1.54) is 18.2 Å². The van der Waals surface area contributed by atoms with Gasteiger partial charge in [-0.3, -0.25) is 4.79 Å². The summed E-state index contributed by atoms with van der Waals surface area (Å²) in [6.45, 7) is 6.99. The molecule has 11 heteroatoms. The van der Waals surface area contributed by atoms with Crippen molar-refractivity contribution in [3.05, 3.63) is 90.3 Å². The molecule has 0 aromatic heterocycles. The van der Waals surface area contributed by atoms with Gasteiger partial charge in [0.15, 0.2) is 23.0 Å².